The van der Waals surface area contributed by atoms with E-state index in [0.717, 1.165) is 37.1 Å². The van der Waals surface area contributed by atoms with Crippen molar-refractivity contribution in [2.75, 3.05) is 26.7 Å². The zero-order valence-corrected chi connectivity index (χ0v) is 14.0. The van der Waals surface area contributed by atoms with Gasteiger partial charge >= 0.3 is 0 Å². The molecule has 2 aliphatic rings. The lowest BCUT2D eigenvalue weighted by molar-refractivity contribution is -0.0605. The summed E-state index contributed by atoms with van der Waals surface area (Å²) in [5.74, 6) is 1.64. The molecule has 0 bridgehead atoms. The summed E-state index contributed by atoms with van der Waals surface area (Å²) in [5, 5.41) is 3.47. The molecule has 1 aromatic rings. The molecule has 1 saturated heterocycles. The zero-order valence-electron chi connectivity index (χ0n) is 14.0. The quantitative estimate of drug-likeness (QED) is 0.685. The molecule has 1 N–H and O–H groups in total. The first kappa shape index (κ1) is 16.2. The topological polar surface area (TPSA) is 36.9 Å². The van der Waals surface area contributed by atoms with Gasteiger partial charge in [0.05, 0.1) is 12.6 Å². The van der Waals surface area contributed by atoms with Crippen molar-refractivity contribution in [2.24, 2.45) is 10.9 Å². The summed E-state index contributed by atoms with van der Waals surface area (Å²) in [4.78, 5) is 6.67. The Kier molecular flexibility index (Phi) is 5.16. The van der Waals surface area contributed by atoms with Crippen LogP contribution in [0, 0.1) is 11.7 Å². The average Bonchev–Trinajstić information content (AvgIpc) is 3.36. The summed E-state index contributed by atoms with van der Waals surface area (Å²) >= 11 is 0. The van der Waals surface area contributed by atoms with Gasteiger partial charge in [0.2, 0.25) is 0 Å². The number of hydrogen-bond acceptors (Lipinski definition) is 2. The third-order valence-electron chi connectivity index (χ3n) is 4.55. The fourth-order valence-corrected chi connectivity index (χ4v) is 3.11. The second kappa shape index (κ2) is 7.30. The van der Waals surface area contributed by atoms with Crippen LogP contribution in [0.15, 0.2) is 29.3 Å². The molecule has 5 heteroatoms. The molecular formula is C18H26FN3O. The number of nitrogens with zero attached hydrogens (tertiary/aromatic N) is 2. The highest BCUT2D eigenvalue weighted by atomic mass is 19.1. The molecule has 0 aromatic heterocycles. The maximum Gasteiger partial charge on any atom is 0.193 e. The van der Waals surface area contributed by atoms with Crippen LogP contribution in [0.1, 0.15) is 37.9 Å². The first-order valence-electron chi connectivity index (χ1n) is 8.52. The van der Waals surface area contributed by atoms with Crippen molar-refractivity contribution in [1.29, 1.82) is 0 Å². The Balaban J connectivity index is 1.62. The van der Waals surface area contributed by atoms with Gasteiger partial charge < -0.3 is 15.0 Å². The van der Waals surface area contributed by atoms with Crippen LogP contribution in [-0.4, -0.2) is 43.6 Å². The number of rotatable bonds is 4. The standard InChI is InChI=1S/C18H26FN3O/c1-13-11-22(18(20-2)21-10-9-14-3-4-14)12-17(23-13)15-5-7-16(19)8-6-15/h5-8,13-14,17H,3-4,9-12H2,1-2H3,(H,20,21). The zero-order chi connectivity index (χ0) is 16.2. The van der Waals surface area contributed by atoms with Crippen molar-refractivity contribution < 1.29 is 9.13 Å². The maximum atomic E-state index is 13.1. The molecule has 3 rings (SSSR count). The Morgan fingerprint density at radius 2 is 2.04 bits per heavy atom. The molecule has 1 aliphatic heterocycles. The maximum absolute atomic E-state index is 13.1. The average molecular weight is 319 g/mol. The van der Waals surface area contributed by atoms with Crippen molar-refractivity contribution in [3.63, 3.8) is 0 Å². The van der Waals surface area contributed by atoms with E-state index in [1.165, 1.54) is 31.4 Å². The molecule has 0 spiro atoms. The second-order valence-electron chi connectivity index (χ2n) is 6.60. The predicted molar refractivity (Wildman–Crippen MR) is 90.0 cm³/mol. The highest BCUT2D eigenvalue weighted by Crippen LogP contribution is 2.31. The lowest BCUT2D eigenvalue weighted by Gasteiger charge is -2.38. The molecule has 4 nitrogen and oxygen atoms in total. The van der Waals surface area contributed by atoms with Crippen molar-refractivity contribution in [3.8, 4) is 0 Å². The van der Waals surface area contributed by atoms with Crippen LogP contribution in [0.25, 0.3) is 0 Å². The fraction of sp³-hybridized carbons (Fsp3) is 0.611. The summed E-state index contributed by atoms with van der Waals surface area (Å²) in [6.07, 6.45) is 4.03. The number of hydrogen-bond donors (Lipinski definition) is 1. The Morgan fingerprint density at radius 3 is 2.70 bits per heavy atom. The monoisotopic (exact) mass is 319 g/mol. The molecule has 126 valence electrons. The van der Waals surface area contributed by atoms with Gasteiger partial charge in [-0.3, -0.25) is 4.99 Å². The molecule has 0 radical (unpaired) electrons. The number of benzene rings is 1. The lowest BCUT2D eigenvalue weighted by Crippen LogP contribution is -2.50. The van der Waals surface area contributed by atoms with E-state index in [1.54, 1.807) is 12.1 Å². The van der Waals surface area contributed by atoms with E-state index in [1.807, 2.05) is 7.05 Å². The van der Waals surface area contributed by atoms with Crippen LogP contribution in [0.5, 0.6) is 0 Å². The van der Waals surface area contributed by atoms with Gasteiger partial charge in [-0.25, -0.2) is 4.39 Å². The lowest BCUT2D eigenvalue weighted by atomic mass is 10.1. The van der Waals surface area contributed by atoms with Crippen molar-refractivity contribution in [1.82, 2.24) is 10.2 Å². The minimum Gasteiger partial charge on any atom is -0.367 e. The normalized spacial score (nSPS) is 25.5. The van der Waals surface area contributed by atoms with Crippen LogP contribution >= 0.6 is 0 Å². The van der Waals surface area contributed by atoms with E-state index in [4.69, 9.17) is 4.74 Å². The summed E-state index contributed by atoms with van der Waals surface area (Å²) in [6.45, 7) is 4.60. The van der Waals surface area contributed by atoms with E-state index in [-0.39, 0.29) is 18.0 Å². The number of halogens is 1. The molecule has 2 fully saturated rings. The first-order valence-corrected chi connectivity index (χ1v) is 8.52. The Labute approximate surface area is 137 Å². The summed E-state index contributed by atoms with van der Waals surface area (Å²) in [5.41, 5.74) is 1.01. The van der Waals surface area contributed by atoms with Gasteiger partial charge in [0.15, 0.2) is 5.96 Å². The largest absolute Gasteiger partial charge is 0.367 e. The molecular weight excluding hydrogens is 293 g/mol. The summed E-state index contributed by atoms with van der Waals surface area (Å²) in [6, 6.07) is 6.59. The molecule has 1 aliphatic carbocycles. The summed E-state index contributed by atoms with van der Waals surface area (Å²) < 4.78 is 19.2. The molecule has 2 unspecified atom stereocenters. The number of aliphatic imine (C=N–C) groups is 1. The molecule has 1 saturated carbocycles. The van der Waals surface area contributed by atoms with Gasteiger partial charge in [0, 0.05) is 20.1 Å². The number of nitrogens with one attached hydrogen (secondary N) is 1. The highest BCUT2D eigenvalue weighted by Gasteiger charge is 2.28. The fourth-order valence-electron chi connectivity index (χ4n) is 3.11. The molecule has 1 heterocycles. The predicted octanol–water partition coefficient (Wildman–Crippen LogP) is 2.96. The van der Waals surface area contributed by atoms with Gasteiger partial charge in [0.25, 0.3) is 0 Å². The molecule has 1 aromatic carbocycles. The number of morpholine rings is 1. The highest BCUT2D eigenvalue weighted by molar-refractivity contribution is 5.80. The van der Waals surface area contributed by atoms with Gasteiger partial charge in [-0.1, -0.05) is 25.0 Å². The van der Waals surface area contributed by atoms with E-state index < -0.39 is 0 Å². The van der Waals surface area contributed by atoms with E-state index in [2.05, 4.69) is 22.1 Å². The van der Waals surface area contributed by atoms with Crippen LogP contribution in [-0.2, 0) is 4.74 Å². The minimum atomic E-state index is -0.216. The Bertz CT molecular complexity index is 542. The van der Waals surface area contributed by atoms with Gasteiger partial charge in [0.1, 0.15) is 11.9 Å². The first-order chi connectivity index (χ1) is 11.2. The van der Waals surface area contributed by atoms with Gasteiger partial charge in [-0.05, 0) is 37.0 Å². The summed E-state index contributed by atoms with van der Waals surface area (Å²) in [7, 11) is 1.83. The number of guanidine groups is 1. The minimum absolute atomic E-state index is 0.0543. The van der Waals surface area contributed by atoms with Crippen molar-refractivity contribution >= 4 is 5.96 Å². The van der Waals surface area contributed by atoms with Crippen LogP contribution in [0.4, 0.5) is 4.39 Å². The van der Waals surface area contributed by atoms with Crippen LogP contribution < -0.4 is 5.32 Å². The van der Waals surface area contributed by atoms with Crippen LogP contribution in [0.3, 0.4) is 0 Å². The second-order valence-corrected chi connectivity index (χ2v) is 6.60. The third-order valence-corrected chi connectivity index (χ3v) is 4.55. The van der Waals surface area contributed by atoms with Gasteiger partial charge in [-0.2, -0.15) is 0 Å². The smallest absolute Gasteiger partial charge is 0.193 e. The Morgan fingerprint density at radius 1 is 1.30 bits per heavy atom. The van der Waals surface area contributed by atoms with E-state index in [0.29, 0.717) is 0 Å². The molecule has 0 amide bonds. The van der Waals surface area contributed by atoms with Crippen molar-refractivity contribution in [2.45, 2.75) is 38.4 Å². The third kappa shape index (κ3) is 4.44. The SMILES string of the molecule is CN=C(NCCC1CC1)N1CC(C)OC(c2ccc(F)cc2)C1. The van der Waals surface area contributed by atoms with Crippen LogP contribution in [0.2, 0.25) is 0 Å². The molecule has 2 atom stereocenters. The van der Waals surface area contributed by atoms with Gasteiger partial charge in [-0.15, -0.1) is 0 Å². The Hall–Kier alpha value is -1.62. The van der Waals surface area contributed by atoms with E-state index in [9.17, 15) is 4.39 Å². The van der Waals surface area contributed by atoms with Crippen molar-refractivity contribution in [3.05, 3.63) is 35.6 Å². The van der Waals surface area contributed by atoms with E-state index >= 15 is 0 Å². The number of ether oxygens (including phenoxy) is 1. The molecule has 23 heavy (non-hydrogen) atoms.